The number of aromatic nitrogens is 1. The number of methoxy groups -OCH3 is 1. The third-order valence-electron chi connectivity index (χ3n) is 6.33. The van der Waals surface area contributed by atoms with Crippen LogP contribution in [0.25, 0.3) is 0 Å². The van der Waals surface area contributed by atoms with Crippen molar-refractivity contribution in [2.45, 2.75) is 18.9 Å². The largest absolute Gasteiger partial charge is 0.468 e. The van der Waals surface area contributed by atoms with Crippen molar-refractivity contribution in [2.75, 3.05) is 12.0 Å². The Morgan fingerprint density at radius 1 is 1.21 bits per heavy atom. The summed E-state index contributed by atoms with van der Waals surface area (Å²) in [5.74, 6) is -3.82. The number of ether oxygens (including phenoxy) is 2. The zero-order valence-electron chi connectivity index (χ0n) is 18.3. The van der Waals surface area contributed by atoms with Gasteiger partial charge in [-0.25, -0.2) is 4.39 Å². The number of para-hydroxylation sites is 1. The van der Waals surface area contributed by atoms with Gasteiger partial charge in [-0.15, -0.1) is 0 Å². The number of nitrogens with one attached hydrogen (secondary N) is 2. The first-order chi connectivity index (χ1) is 16.3. The van der Waals surface area contributed by atoms with E-state index in [-0.39, 0.29) is 17.9 Å². The van der Waals surface area contributed by atoms with Crippen LogP contribution in [-0.4, -0.2) is 29.9 Å². The van der Waals surface area contributed by atoms with Gasteiger partial charge in [0, 0.05) is 17.4 Å². The van der Waals surface area contributed by atoms with Crippen molar-refractivity contribution in [3.8, 4) is 5.75 Å². The molecule has 0 radical (unpaired) electrons. The molecule has 3 aromatic rings. The zero-order chi connectivity index (χ0) is 24.2. The number of halogens is 1. The normalized spacial score (nSPS) is 20.7. The van der Waals surface area contributed by atoms with E-state index in [1.165, 1.54) is 23.1 Å². The molecule has 9 heteroatoms. The quantitative estimate of drug-likeness (QED) is 0.583. The van der Waals surface area contributed by atoms with Gasteiger partial charge < -0.3 is 19.4 Å². The van der Waals surface area contributed by atoms with Crippen molar-refractivity contribution < 1.29 is 23.5 Å². The molecule has 0 saturated carbocycles. The molecule has 172 valence electrons. The highest BCUT2D eigenvalue weighted by Crippen LogP contribution is 2.54. The zero-order valence-corrected chi connectivity index (χ0v) is 18.3. The Bertz CT molecular complexity index is 1410. The second-order valence-electron chi connectivity index (χ2n) is 8.29. The van der Waals surface area contributed by atoms with E-state index in [1.54, 1.807) is 43.3 Å². The van der Waals surface area contributed by atoms with Crippen LogP contribution in [0.1, 0.15) is 22.4 Å². The molecule has 8 nitrogen and oxygen atoms in total. The summed E-state index contributed by atoms with van der Waals surface area (Å²) in [5, 5.41) is 8.54. The molecule has 3 heterocycles. The molecule has 2 aliphatic rings. The third kappa shape index (κ3) is 2.89. The monoisotopic (exact) mass is 461 g/mol. The van der Waals surface area contributed by atoms with Gasteiger partial charge in [-0.05, 0) is 36.2 Å². The van der Waals surface area contributed by atoms with E-state index in [9.17, 15) is 18.8 Å². The van der Waals surface area contributed by atoms with Gasteiger partial charge in [0.05, 0.1) is 19.2 Å². The molecule has 2 N–H and O–H groups in total. The minimum atomic E-state index is -1.87. The summed E-state index contributed by atoms with van der Waals surface area (Å²) in [5.41, 5.74) is -0.517. The summed E-state index contributed by atoms with van der Waals surface area (Å²) < 4.78 is 24.0. The number of carbonyl (C=O) groups is 2. The second kappa shape index (κ2) is 7.65. The van der Waals surface area contributed by atoms with Gasteiger partial charge in [-0.1, -0.05) is 30.3 Å². The number of amides is 1. The maximum Gasteiger partial charge on any atom is 0.319 e. The summed E-state index contributed by atoms with van der Waals surface area (Å²) in [4.78, 5) is 44.8. The molecular weight excluding hydrogens is 441 g/mol. The molecule has 1 spiro atoms. The standard InChI is InChI=1S/C25H20FN3O5/c1-13-11-18-19(22(30)28-13)25(20(21(27)34-18)23(31)33-2)16-5-3-4-6-17(16)29(24(25)32)12-14-7-9-15(26)10-8-14/h3-11,20,27H,12H2,1-2H3,(H,28,30). The lowest BCUT2D eigenvalue weighted by Gasteiger charge is -2.39. The molecule has 5 rings (SSSR count). The highest BCUT2D eigenvalue weighted by molar-refractivity contribution is 6.18. The number of pyridine rings is 1. The fourth-order valence-electron chi connectivity index (χ4n) is 4.96. The van der Waals surface area contributed by atoms with Crippen LogP contribution in [-0.2, 0) is 26.3 Å². The number of anilines is 1. The molecule has 0 saturated heterocycles. The summed E-state index contributed by atoms with van der Waals surface area (Å²) in [7, 11) is 1.15. The van der Waals surface area contributed by atoms with Gasteiger partial charge in [0.25, 0.3) is 5.56 Å². The lowest BCUT2D eigenvalue weighted by Crippen LogP contribution is -2.57. The lowest BCUT2D eigenvalue weighted by atomic mass is 9.65. The van der Waals surface area contributed by atoms with Gasteiger partial charge in [-0.2, -0.15) is 0 Å². The lowest BCUT2D eigenvalue weighted by molar-refractivity contribution is -0.147. The van der Waals surface area contributed by atoms with Crippen LogP contribution in [0.5, 0.6) is 5.75 Å². The van der Waals surface area contributed by atoms with E-state index >= 15 is 0 Å². The van der Waals surface area contributed by atoms with Crippen molar-refractivity contribution in [1.29, 1.82) is 5.41 Å². The molecule has 0 fully saturated rings. The van der Waals surface area contributed by atoms with Crippen LogP contribution in [0.4, 0.5) is 10.1 Å². The van der Waals surface area contributed by atoms with E-state index in [0.717, 1.165) is 7.11 Å². The molecule has 1 aromatic heterocycles. The van der Waals surface area contributed by atoms with Crippen molar-refractivity contribution in [3.63, 3.8) is 0 Å². The fourth-order valence-corrected chi connectivity index (χ4v) is 4.96. The first-order valence-electron chi connectivity index (χ1n) is 10.5. The van der Waals surface area contributed by atoms with Gasteiger partial charge in [0.15, 0.2) is 5.92 Å². The first-order valence-corrected chi connectivity index (χ1v) is 10.5. The van der Waals surface area contributed by atoms with Crippen LogP contribution < -0.4 is 15.2 Å². The van der Waals surface area contributed by atoms with Gasteiger partial charge >= 0.3 is 5.97 Å². The molecule has 0 bridgehead atoms. The Balaban J connectivity index is 1.81. The molecule has 0 aliphatic carbocycles. The Hall–Kier alpha value is -4.27. The molecule has 2 aliphatic heterocycles. The Morgan fingerprint density at radius 2 is 1.91 bits per heavy atom. The third-order valence-corrected chi connectivity index (χ3v) is 6.33. The van der Waals surface area contributed by atoms with Crippen molar-refractivity contribution >= 4 is 23.5 Å². The second-order valence-corrected chi connectivity index (χ2v) is 8.29. The van der Waals surface area contributed by atoms with Crippen molar-refractivity contribution in [3.05, 3.63) is 93.2 Å². The molecular formula is C25H20FN3O5. The van der Waals surface area contributed by atoms with E-state index < -0.39 is 40.5 Å². The number of nitrogens with zero attached hydrogens (tertiary/aromatic N) is 1. The highest BCUT2D eigenvalue weighted by atomic mass is 19.1. The predicted molar refractivity (Wildman–Crippen MR) is 120 cm³/mol. The molecule has 2 atom stereocenters. The summed E-state index contributed by atoms with van der Waals surface area (Å²) >= 11 is 0. The number of carbonyl (C=O) groups excluding carboxylic acids is 2. The van der Waals surface area contributed by atoms with Crippen LogP contribution in [0.2, 0.25) is 0 Å². The van der Waals surface area contributed by atoms with Crippen molar-refractivity contribution in [1.82, 2.24) is 4.98 Å². The molecule has 34 heavy (non-hydrogen) atoms. The average Bonchev–Trinajstić information content (AvgIpc) is 3.03. The topological polar surface area (TPSA) is 113 Å². The minimum Gasteiger partial charge on any atom is -0.468 e. The molecule has 2 aromatic carbocycles. The predicted octanol–water partition coefficient (Wildman–Crippen LogP) is 2.81. The Labute approximate surface area is 193 Å². The minimum absolute atomic E-state index is 0.0400. The van der Waals surface area contributed by atoms with E-state index in [2.05, 4.69) is 4.98 Å². The first kappa shape index (κ1) is 21.6. The van der Waals surface area contributed by atoms with Crippen LogP contribution in [0.15, 0.2) is 59.4 Å². The molecule has 1 amide bonds. The van der Waals surface area contributed by atoms with Crippen LogP contribution >= 0.6 is 0 Å². The Kier molecular flexibility index (Phi) is 4.85. The van der Waals surface area contributed by atoms with E-state index in [4.69, 9.17) is 14.9 Å². The fraction of sp³-hybridized carbons (Fsp3) is 0.200. The SMILES string of the molecule is COC(=O)C1C(=N)Oc2cc(C)[nH]c(=O)c2C12C(=O)N(Cc1ccc(F)cc1)c1ccccc12. The maximum absolute atomic E-state index is 14.3. The number of hydrogen-bond donors (Lipinski definition) is 2. The number of rotatable bonds is 3. The van der Waals surface area contributed by atoms with Crippen LogP contribution in [0, 0.1) is 24.1 Å². The number of H-pyrrole nitrogens is 1. The van der Waals surface area contributed by atoms with E-state index in [1.807, 2.05) is 0 Å². The molecule has 2 unspecified atom stereocenters. The Morgan fingerprint density at radius 3 is 2.62 bits per heavy atom. The summed E-state index contributed by atoms with van der Waals surface area (Å²) in [6.45, 7) is 1.72. The number of aromatic amines is 1. The average molecular weight is 461 g/mol. The van der Waals surface area contributed by atoms with Crippen LogP contribution in [0.3, 0.4) is 0 Å². The van der Waals surface area contributed by atoms with Gasteiger partial charge in [0.2, 0.25) is 11.8 Å². The van der Waals surface area contributed by atoms with Gasteiger partial charge in [-0.3, -0.25) is 19.8 Å². The highest BCUT2D eigenvalue weighted by Gasteiger charge is 2.65. The number of aryl methyl sites for hydroxylation is 1. The number of benzene rings is 2. The summed E-state index contributed by atoms with van der Waals surface area (Å²) in [6, 6.07) is 14.0. The van der Waals surface area contributed by atoms with Gasteiger partial charge in [0.1, 0.15) is 17.0 Å². The smallest absolute Gasteiger partial charge is 0.319 e. The number of hydrogen-bond acceptors (Lipinski definition) is 6. The van der Waals surface area contributed by atoms with Crippen molar-refractivity contribution in [2.24, 2.45) is 5.92 Å². The maximum atomic E-state index is 14.3. The number of esters is 1. The number of fused-ring (bicyclic) bond motifs is 4. The summed E-state index contributed by atoms with van der Waals surface area (Å²) in [6.07, 6.45) is 0. The van der Waals surface area contributed by atoms with E-state index in [0.29, 0.717) is 22.5 Å².